The van der Waals surface area contributed by atoms with Gasteiger partial charge < -0.3 is 81.7 Å². The minimum atomic E-state index is -3.52. The molecule has 8 N–H and O–H groups in total. The monoisotopic (exact) mass is 1980 g/mol. The van der Waals surface area contributed by atoms with E-state index in [1.54, 1.807) is 111 Å². The molecule has 140 heavy (non-hydrogen) atoms. The Morgan fingerprint density at radius 2 is 0.579 bits per heavy atom. The number of nitrogens with zero attached hydrogens (tertiary/aromatic N) is 17. The lowest BCUT2D eigenvalue weighted by molar-refractivity contribution is 0.313. The molecule has 0 radical (unpaired) electrons. The average Bonchev–Trinajstić information content (AvgIpc) is 0.815. The number of hydrogen-bond donors (Lipinski definition) is 8. The van der Waals surface area contributed by atoms with Crippen molar-refractivity contribution in [2.45, 2.75) is 100 Å². The molecule has 12 aromatic rings. The number of hydrogen-bond acceptors (Lipinski definition) is 32. The molecule has 4 aromatic heterocycles. The number of sulfonamides is 1. The number of sulfone groups is 3. The topological polar surface area (TPSA) is 365 Å². The summed E-state index contributed by atoms with van der Waals surface area (Å²) < 4.78 is 102. The predicted octanol–water partition coefficient (Wildman–Crippen LogP) is 16.9. The molecule has 4 aliphatic heterocycles. The largest absolute Gasteiger partial charge is 0.369 e. The molecule has 1 saturated carbocycles. The molecule has 0 unspecified atom stereocenters. The second-order valence-electron chi connectivity index (χ2n) is 37.0. The average molecular weight is 1980 g/mol. The maximum Gasteiger partial charge on any atom is 0.242 e. The fraction of sp³-hybridized carbons (Fsp3) is 0.379. The van der Waals surface area contributed by atoms with Crippen LogP contribution in [0.25, 0.3) is 0 Å². The summed E-state index contributed by atoms with van der Waals surface area (Å²) in [6, 6.07) is 60.6. The number of aryl methyl sites for hydroxylation is 4. The van der Waals surface area contributed by atoms with Gasteiger partial charge in [-0.3, -0.25) is 0 Å². The van der Waals surface area contributed by atoms with E-state index in [0.717, 1.165) is 175 Å². The zero-order chi connectivity index (χ0) is 99.3. The van der Waals surface area contributed by atoms with Gasteiger partial charge in [-0.15, -0.1) is 0 Å². The predicted molar refractivity (Wildman–Crippen MR) is 568 cm³/mol. The maximum atomic E-state index is 13.1. The van der Waals surface area contributed by atoms with Crippen molar-refractivity contribution in [2.75, 3.05) is 226 Å². The summed E-state index contributed by atoms with van der Waals surface area (Å²) in [5.41, 5.74) is 14.5. The van der Waals surface area contributed by atoms with Gasteiger partial charge in [-0.05, 0) is 250 Å². The fourth-order valence-electron chi connectivity index (χ4n) is 16.6. The Bertz CT molecular complexity index is 6620. The van der Waals surface area contributed by atoms with Gasteiger partial charge in [0, 0.05) is 234 Å². The first-order valence-electron chi connectivity index (χ1n) is 47.8. The second kappa shape index (κ2) is 47.5. The van der Waals surface area contributed by atoms with Crippen LogP contribution in [-0.2, 0) is 39.5 Å². The van der Waals surface area contributed by atoms with Crippen LogP contribution in [0.5, 0.6) is 0 Å². The number of rotatable bonds is 30. The highest BCUT2D eigenvalue weighted by Gasteiger charge is 2.27. The van der Waals surface area contributed by atoms with Crippen molar-refractivity contribution >= 4 is 155 Å². The van der Waals surface area contributed by atoms with Crippen LogP contribution in [0.3, 0.4) is 0 Å². The summed E-state index contributed by atoms with van der Waals surface area (Å²) in [6.07, 6.45) is 12.5. The van der Waals surface area contributed by atoms with Gasteiger partial charge in [0.25, 0.3) is 0 Å². The third-order valence-electron chi connectivity index (χ3n) is 25.2. The molecule has 742 valence electrons. The molecule has 8 aromatic carbocycles. The molecular formula is C103H133N25O8S4. The highest BCUT2D eigenvalue weighted by atomic mass is 32.2. The highest BCUT2D eigenvalue weighted by Crippen LogP contribution is 2.35. The molecule has 8 heterocycles. The van der Waals surface area contributed by atoms with Crippen LogP contribution in [0.1, 0.15) is 75.1 Å². The molecule has 33 nitrogen and oxygen atoms in total. The van der Waals surface area contributed by atoms with Crippen molar-refractivity contribution in [3.8, 4) is 0 Å². The van der Waals surface area contributed by atoms with Gasteiger partial charge in [-0.1, -0.05) is 64.3 Å². The Labute approximate surface area is 826 Å². The molecule has 5 aliphatic rings. The summed E-state index contributed by atoms with van der Waals surface area (Å²) in [7, 11) is -1.84. The molecule has 0 atom stereocenters. The van der Waals surface area contributed by atoms with E-state index in [0.29, 0.717) is 84.5 Å². The van der Waals surface area contributed by atoms with Crippen molar-refractivity contribution in [2.24, 2.45) is 11.8 Å². The van der Waals surface area contributed by atoms with E-state index in [-0.39, 0.29) is 34.0 Å². The van der Waals surface area contributed by atoms with E-state index >= 15 is 0 Å². The molecule has 17 rings (SSSR count). The van der Waals surface area contributed by atoms with E-state index in [2.05, 4.69) is 198 Å². The number of anilines is 20. The first kappa shape index (κ1) is 103. The molecule has 5 fully saturated rings. The molecule has 0 amide bonds. The van der Waals surface area contributed by atoms with Crippen LogP contribution < -0.4 is 62.1 Å². The lowest BCUT2D eigenvalue weighted by atomic mass is 9.91. The van der Waals surface area contributed by atoms with Crippen LogP contribution in [0.4, 0.5) is 115 Å². The van der Waals surface area contributed by atoms with Gasteiger partial charge in [-0.2, -0.15) is 19.9 Å². The molecular weight excluding hydrogens is 1840 g/mol. The van der Waals surface area contributed by atoms with E-state index in [4.69, 9.17) is 0 Å². The Morgan fingerprint density at radius 3 is 0.843 bits per heavy atom. The SMILES string of the molecule is CCS(=O)(=O)c1cccc(Nc2nc(Nc3ccc(N4CCN(C)CC4)cc3)ncc2C)c1.Cc1cnc(Nc2ccc(N3CCN(C)CC3)cc2)nc1Nc1cccc(S(=O)(=O)CC(C)C)c1.Cc1cnc(Nc2ccc(N3CCN(C)CC3)cc2)nc1Nc1cccc(S(=O)(=O)CC2CCCCC2)c1.Cc1cnc(Nc2ccc(N3CCN(C)CC3)cc2)nc1Nc1cccc(S(=O)(=O)N(C)C)c1. The molecule has 0 spiro atoms. The minimum absolute atomic E-state index is 0.0602. The number of benzene rings is 8. The number of nitrogens with one attached hydrogen (secondary N) is 8. The number of aromatic nitrogens is 8. The molecule has 0 bridgehead atoms. The van der Waals surface area contributed by atoms with Crippen LogP contribution in [0.15, 0.2) is 238 Å². The van der Waals surface area contributed by atoms with Crippen LogP contribution in [0.2, 0.25) is 0 Å². The lowest BCUT2D eigenvalue weighted by Crippen LogP contribution is -2.44. The smallest absolute Gasteiger partial charge is 0.242 e. The zero-order valence-corrected chi connectivity index (χ0v) is 85.7. The third-order valence-corrected chi connectivity index (χ3v) is 32.7. The van der Waals surface area contributed by atoms with Gasteiger partial charge in [0.15, 0.2) is 29.5 Å². The number of piperazine rings is 4. The highest BCUT2D eigenvalue weighted by molar-refractivity contribution is 7.92. The standard InChI is InChI=1S/C29H38N6O2S.C26H34N6O2S.C24H31N7O2S.C24H30N6O2S/c1-22-20-30-29(32-24-11-13-26(14-12-24)35-17-15-34(2)16-18-35)33-28(22)31-25-9-6-10-27(19-25)38(36,37)21-23-7-4-3-5-8-23;1-19(2)18-35(33,34)24-7-5-6-22(16-24)28-25-20(3)17-27-26(30-25)29-21-8-10-23(11-9-21)32-14-12-31(4)13-15-32;1-18-17-25-24(27-19-8-10-21(11-9-19)31-14-12-30(4)13-15-31)28-23(18)26-20-6-5-7-22(16-20)34(32,33)29(2)3;1-4-33(31,32)22-7-5-6-20(16-22)26-23-18(2)17-25-24(28-23)27-19-8-10-21(11-9-19)30-14-12-29(3)13-15-30/h6,9-14,19-20,23H,3-5,7-8,15-18,21H2,1-2H3,(H2,30,31,32,33);5-11,16-17,19H,12-15,18H2,1-4H3,(H2,27,28,29,30);5-11,16-17H,12-15H2,1-4H3,(H2,25,26,27,28);5-11,16-17H,4,12-15H2,1-3H3,(H2,25,26,27,28). The molecule has 37 heteroatoms. The van der Waals surface area contributed by atoms with Crippen LogP contribution in [0, 0.1) is 39.5 Å². The second-order valence-corrected chi connectivity index (χ2v) is 45.5. The summed E-state index contributed by atoms with van der Waals surface area (Å²) in [6.45, 7) is 29.9. The van der Waals surface area contributed by atoms with E-state index < -0.39 is 39.5 Å². The van der Waals surface area contributed by atoms with Crippen molar-refractivity contribution in [3.05, 3.63) is 241 Å². The quantitative estimate of drug-likeness (QED) is 0.0207. The van der Waals surface area contributed by atoms with Gasteiger partial charge in [0.1, 0.15) is 23.3 Å². The maximum absolute atomic E-state index is 13.1. The van der Waals surface area contributed by atoms with Crippen molar-refractivity contribution in [1.29, 1.82) is 0 Å². The number of likely N-dealkylation sites (N-methyl/N-ethyl adjacent to an activating group) is 4. The van der Waals surface area contributed by atoms with Crippen molar-refractivity contribution < 1.29 is 33.7 Å². The van der Waals surface area contributed by atoms with E-state index in [1.807, 2.05) is 108 Å². The first-order chi connectivity index (χ1) is 67.1. The van der Waals surface area contributed by atoms with E-state index in [1.165, 1.54) is 47.6 Å². The first-order valence-corrected chi connectivity index (χ1v) is 54.2. The van der Waals surface area contributed by atoms with Crippen LogP contribution in [-0.4, -0.2) is 262 Å². The van der Waals surface area contributed by atoms with Gasteiger partial charge in [0.2, 0.25) is 33.8 Å². The Kier molecular flexibility index (Phi) is 35.0. The summed E-state index contributed by atoms with van der Waals surface area (Å²) in [5.74, 6) is 5.07. The van der Waals surface area contributed by atoms with Gasteiger partial charge in [-0.25, -0.2) is 57.9 Å². The summed E-state index contributed by atoms with van der Waals surface area (Å²) >= 11 is 0. The van der Waals surface area contributed by atoms with E-state index in [9.17, 15) is 33.7 Å². The third kappa shape index (κ3) is 29.0. The Morgan fingerprint density at radius 1 is 0.321 bits per heavy atom. The lowest BCUT2D eigenvalue weighted by Gasteiger charge is -2.34. The van der Waals surface area contributed by atoms with Crippen molar-refractivity contribution in [3.63, 3.8) is 0 Å². The van der Waals surface area contributed by atoms with Crippen LogP contribution >= 0.6 is 0 Å². The normalized spacial score (nSPS) is 15.5. The van der Waals surface area contributed by atoms with Gasteiger partial charge in [0.05, 0.1) is 36.8 Å². The Balaban J connectivity index is 0.000000149. The summed E-state index contributed by atoms with van der Waals surface area (Å²) in [5, 5.41) is 26.1. The minimum Gasteiger partial charge on any atom is -0.369 e. The van der Waals surface area contributed by atoms with Gasteiger partial charge >= 0.3 is 0 Å². The van der Waals surface area contributed by atoms with Crippen molar-refractivity contribution in [1.82, 2.24) is 63.8 Å². The summed E-state index contributed by atoms with van der Waals surface area (Å²) in [4.78, 5) is 56.2. The fourth-order valence-corrected chi connectivity index (χ4v) is 21.8. The zero-order valence-electron chi connectivity index (χ0n) is 82.4. The molecule has 1 aliphatic carbocycles. The Hall–Kier alpha value is -12.7. The molecule has 4 saturated heterocycles.